The van der Waals surface area contributed by atoms with Crippen LogP contribution < -0.4 is 16.6 Å². The van der Waals surface area contributed by atoms with Gasteiger partial charge >= 0.3 is 0 Å². The zero-order valence-corrected chi connectivity index (χ0v) is 13.3. The van der Waals surface area contributed by atoms with Gasteiger partial charge in [-0.25, -0.2) is 10.8 Å². The molecule has 21 heavy (non-hydrogen) atoms. The molecule has 4 N–H and O–H groups in total. The van der Waals surface area contributed by atoms with Gasteiger partial charge in [0.1, 0.15) is 10.6 Å². The Balaban J connectivity index is 1.78. The van der Waals surface area contributed by atoms with Crippen LogP contribution in [0.1, 0.15) is 24.6 Å². The fraction of sp³-hybridized carbons (Fsp3) is 0.571. The van der Waals surface area contributed by atoms with Crippen molar-refractivity contribution in [2.24, 2.45) is 5.84 Å². The summed E-state index contributed by atoms with van der Waals surface area (Å²) in [5.74, 6) is 6.79. The molecule has 1 saturated heterocycles. The monoisotopic (exact) mass is 306 g/mol. The second kappa shape index (κ2) is 6.13. The Bertz CT molecular complexity index is 619. The predicted molar refractivity (Wildman–Crippen MR) is 88.7 cm³/mol. The molecule has 1 unspecified atom stereocenters. The highest BCUT2D eigenvalue weighted by Gasteiger charge is 2.18. The van der Waals surface area contributed by atoms with Gasteiger partial charge in [0.2, 0.25) is 5.95 Å². The maximum Gasteiger partial charge on any atom is 0.240 e. The van der Waals surface area contributed by atoms with Crippen LogP contribution in [-0.2, 0) is 0 Å². The second-order valence-electron chi connectivity index (χ2n) is 5.59. The van der Waals surface area contributed by atoms with Gasteiger partial charge in [-0.2, -0.15) is 4.98 Å². The molecule has 0 saturated carbocycles. The minimum absolute atomic E-state index is 0.459. The number of aromatic nitrogens is 2. The lowest BCUT2D eigenvalue weighted by Gasteiger charge is -2.24. The topological polar surface area (TPSA) is 79.1 Å². The molecule has 0 spiro atoms. The lowest BCUT2D eigenvalue weighted by molar-refractivity contribution is 0.269. The van der Waals surface area contributed by atoms with Crippen molar-refractivity contribution in [2.75, 3.05) is 30.4 Å². The molecule has 0 amide bonds. The number of fused-ring (bicyclic) bond motifs is 1. The van der Waals surface area contributed by atoms with Crippen LogP contribution in [0.25, 0.3) is 10.2 Å². The summed E-state index contributed by atoms with van der Waals surface area (Å²) in [6.07, 6.45) is 2.63. The molecule has 7 heteroatoms. The summed E-state index contributed by atoms with van der Waals surface area (Å²) in [6.45, 7) is 7.63. The fourth-order valence-electron chi connectivity index (χ4n) is 2.80. The van der Waals surface area contributed by atoms with Gasteiger partial charge in [-0.3, -0.25) is 10.3 Å². The SMILES string of the molecule is Cc1cc2c(NCC(C)N3CCCC3)nc(NN)nc2s1. The quantitative estimate of drug-likeness (QED) is 0.580. The average molecular weight is 306 g/mol. The molecule has 3 heterocycles. The highest BCUT2D eigenvalue weighted by molar-refractivity contribution is 7.18. The van der Waals surface area contributed by atoms with Gasteiger partial charge in [0.25, 0.3) is 0 Å². The van der Waals surface area contributed by atoms with E-state index in [1.165, 1.54) is 30.8 Å². The first-order chi connectivity index (χ1) is 10.2. The molecule has 3 rings (SSSR count). The first-order valence-corrected chi connectivity index (χ1v) is 8.22. The van der Waals surface area contributed by atoms with Crippen molar-refractivity contribution in [3.8, 4) is 0 Å². The third-order valence-electron chi connectivity index (χ3n) is 3.97. The molecule has 1 aliphatic heterocycles. The normalized spacial score (nSPS) is 17.3. The minimum atomic E-state index is 0.459. The van der Waals surface area contributed by atoms with Crippen molar-refractivity contribution >= 4 is 33.3 Å². The molecule has 0 radical (unpaired) electrons. The van der Waals surface area contributed by atoms with Gasteiger partial charge in [0.05, 0.1) is 5.39 Å². The van der Waals surface area contributed by atoms with Crippen LogP contribution in [0.3, 0.4) is 0 Å². The maximum atomic E-state index is 5.47. The van der Waals surface area contributed by atoms with E-state index < -0.39 is 0 Å². The molecule has 1 atom stereocenters. The molecule has 114 valence electrons. The van der Waals surface area contributed by atoms with E-state index in [1.807, 2.05) is 0 Å². The molecular formula is C14H22N6S. The molecule has 0 aliphatic carbocycles. The minimum Gasteiger partial charge on any atom is -0.368 e. The van der Waals surface area contributed by atoms with Crippen molar-refractivity contribution in [1.29, 1.82) is 0 Å². The van der Waals surface area contributed by atoms with Crippen molar-refractivity contribution in [1.82, 2.24) is 14.9 Å². The number of anilines is 2. The van der Waals surface area contributed by atoms with E-state index in [4.69, 9.17) is 5.84 Å². The Kier molecular flexibility index (Phi) is 4.23. The standard InChI is InChI=1S/C14H22N6S/c1-9(20-5-3-4-6-20)8-16-12-11-7-10(2)21-13(11)18-14(17-12)19-15/h7,9H,3-6,8,15H2,1-2H3,(H2,16,17,18,19). The molecule has 1 aliphatic rings. The van der Waals surface area contributed by atoms with Gasteiger partial charge in [-0.1, -0.05) is 0 Å². The zero-order chi connectivity index (χ0) is 14.8. The predicted octanol–water partition coefficient (Wildman–Crippen LogP) is 2.18. The van der Waals surface area contributed by atoms with Crippen LogP contribution in [-0.4, -0.2) is 40.5 Å². The number of hydrogen-bond acceptors (Lipinski definition) is 7. The summed E-state index contributed by atoms with van der Waals surface area (Å²) >= 11 is 1.66. The summed E-state index contributed by atoms with van der Waals surface area (Å²) in [6, 6.07) is 2.63. The first-order valence-electron chi connectivity index (χ1n) is 7.40. The molecule has 0 aromatic carbocycles. The number of hydrazine groups is 1. The molecule has 2 aromatic rings. The Morgan fingerprint density at radius 3 is 2.86 bits per heavy atom. The number of hydrogen-bond donors (Lipinski definition) is 3. The second-order valence-corrected chi connectivity index (χ2v) is 6.82. The average Bonchev–Trinajstić information content (AvgIpc) is 3.12. The molecule has 1 fully saturated rings. The number of rotatable bonds is 5. The molecular weight excluding hydrogens is 284 g/mol. The van der Waals surface area contributed by atoms with E-state index in [-0.39, 0.29) is 0 Å². The summed E-state index contributed by atoms with van der Waals surface area (Å²) in [7, 11) is 0. The maximum absolute atomic E-state index is 5.47. The van der Waals surface area contributed by atoms with Gasteiger partial charge in [-0.15, -0.1) is 11.3 Å². The van der Waals surface area contributed by atoms with Crippen LogP contribution in [0.15, 0.2) is 6.07 Å². The van der Waals surface area contributed by atoms with E-state index >= 15 is 0 Å². The van der Waals surface area contributed by atoms with E-state index in [0.29, 0.717) is 12.0 Å². The highest BCUT2D eigenvalue weighted by atomic mass is 32.1. The summed E-state index contributed by atoms with van der Waals surface area (Å²) < 4.78 is 0. The molecule has 0 bridgehead atoms. The van der Waals surface area contributed by atoms with E-state index in [1.54, 1.807) is 11.3 Å². The molecule has 2 aromatic heterocycles. The van der Waals surface area contributed by atoms with Crippen LogP contribution in [0, 0.1) is 6.92 Å². The third-order valence-corrected chi connectivity index (χ3v) is 4.92. The van der Waals surface area contributed by atoms with E-state index in [2.05, 4.69) is 45.5 Å². The summed E-state index contributed by atoms with van der Waals surface area (Å²) in [5.41, 5.74) is 2.55. The smallest absolute Gasteiger partial charge is 0.240 e. The Morgan fingerprint density at radius 1 is 1.38 bits per heavy atom. The van der Waals surface area contributed by atoms with Crippen molar-refractivity contribution in [2.45, 2.75) is 32.7 Å². The number of nitrogen functional groups attached to an aromatic ring is 1. The van der Waals surface area contributed by atoms with Crippen LogP contribution >= 0.6 is 11.3 Å². The Morgan fingerprint density at radius 2 is 2.14 bits per heavy atom. The number of likely N-dealkylation sites (tertiary alicyclic amines) is 1. The van der Waals surface area contributed by atoms with Crippen LogP contribution in [0.5, 0.6) is 0 Å². The Hall–Kier alpha value is -1.44. The summed E-state index contributed by atoms with van der Waals surface area (Å²) in [5, 5.41) is 4.54. The van der Waals surface area contributed by atoms with Crippen LogP contribution in [0.2, 0.25) is 0 Å². The van der Waals surface area contributed by atoms with Gasteiger partial charge in [-0.05, 0) is 45.8 Å². The number of nitrogens with two attached hydrogens (primary N) is 1. The zero-order valence-electron chi connectivity index (χ0n) is 12.5. The largest absolute Gasteiger partial charge is 0.368 e. The number of aryl methyl sites for hydroxylation is 1. The van der Waals surface area contributed by atoms with Crippen molar-refractivity contribution < 1.29 is 0 Å². The Labute approximate surface area is 128 Å². The van der Waals surface area contributed by atoms with E-state index in [0.717, 1.165) is 22.6 Å². The highest BCUT2D eigenvalue weighted by Crippen LogP contribution is 2.29. The van der Waals surface area contributed by atoms with E-state index in [9.17, 15) is 0 Å². The molecule has 6 nitrogen and oxygen atoms in total. The van der Waals surface area contributed by atoms with Gasteiger partial charge in [0, 0.05) is 17.5 Å². The van der Waals surface area contributed by atoms with Gasteiger partial charge in [0.15, 0.2) is 0 Å². The first kappa shape index (κ1) is 14.5. The van der Waals surface area contributed by atoms with Crippen LogP contribution in [0.4, 0.5) is 11.8 Å². The van der Waals surface area contributed by atoms with Crippen molar-refractivity contribution in [3.05, 3.63) is 10.9 Å². The lowest BCUT2D eigenvalue weighted by atomic mass is 10.3. The summed E-state index contributed by atoms with van der Waals surface area (Å²) in [4.78, 5) is 13.6. The third kappa shape index (κ3) is 3.09. The fourth-order valence-corrected chi connectivity index (χ4v) is 3.68. The number of nitrogens with zero attached hydrogens (tertiary/aromatic N) is 3. The van der Waals surface area contributed by atoms with Crippen molar-refractivity contribution in [3.63, 3.8) is 0 Å². The number of thiophene rings is 1. The lowest BCUT2D eigenvalue weighted by Crippen LogP contribution is -2.35. The van der Waals surface area contributed by atoms with Gasteiger partial charge < -0.3 is 5.32 Å². The number of nitrogens with one attached hydrogen (secondary N) is 2.